The zero-order valence-corrected chi connectivity index (χ0v) is 9.45. The van der Waals surface area contributed by atoms with Gasteiger partial charge in [-0.15, -0.1) is 0 Å². The highest BCUT2D eigenvalue weighted by atomic mass is 14.6. The topological polar surface area (TPSA) is 26.0 Å². The van der Waals surface area contributed by atoms with Crippen molar-refractivity contribution in [1.82, 2.24) is 0 Å². The molecule has 1 atom stereocenters. The molecule has 1 aliphatic rings. The van der Waals surface area contributed by atoms with E-state index in [1.807, 2.05) is 0 Å². The van der Waals surface area contributed by atoms with Crippen LogP contribution < -0.4 is 5.73 Å². The van der Waals surface area contributed by atoms with Crippen molar-refractivity contribution >= 4 is 10.8 Å². The number of hydrogen-bond acceptors (Lipinski definition) is 1. The van der Waals surface area contributed by atoms with Crippen LogP contribution in [0.4, 0.5) is 0 Å². The summed E-state index contributed by atoms with van der Waals surface area (Å²) in [5.41, 5.74) is 8.87. The number of rotatable bonds is 1. The third kappa shape index (κ3) is 1.52. The van der Waals surface area contributed by atoms with Crippen molar-refractivity contribution in [3.05, 3.63) is 47.5 Å². The Morgan fingerprint density at radius 2 is 1.88 bits per heavy atom. The molecule has 0 fully saturated rings. The number of hydrogen-bond donors (Lipinski definition) is 1. The van der Waals surface area contributed by atoms with Crippen LogP contribution in [0.3, 0.4) is 0 Å². The van der Waals surface area contributed by atoms with Gasteiger partial charge in [-0.1, -0.05) is 36.4 Å². The highest BCUT2D eigenvalue weighted by Crippen LogP contribution is 2.33. The minimum Gasteiger partial charge on any atom is -0.330 e. The largest absolute Gasteiger partial charge is 0.330 e. The summed E-state index contributed by atoms with van der Waals surface area (Å²) in [4.78, 5) is 0. The van der Waals surface area contributed by atoms with Gasteiger partial charge in [-0.2, -0.15) is 0 Å². The summed E-state index contributed by atoms with van der Waals surface area (Å²) in [7, 11) is 0. The molecular formula is C15H17N. The van der Waals surface area contributed by atoms with Crippen LogP contribution in [0.1, 0.15) is 29.9 Å². The van der Waals surface area contributed by atoms with Crippen molar-refractivity contribution in [2.75, 3.05) is 6.54 Å². The van der Waals surface area contributed by atoms with Crippen molar-refractivity contribution < 1.29 is 0 Å². The molecule has 0 radical (unpaired) electrons. The average Bonchev–Trinajstić information content (AvgIpc) is 2.35. The van der Waals surface area contributed by atoms with Gasteiger partial charge in [-0.05, 0) is 53.6 Å². The third-order valence-corrected chi connectivity index (χ3v) is 3.73. The van der Waals surface area contributed by atoms with E-state index in [0.29, 0.717) is 5.92 Å². The SMILES string of the molecule is NCC1CCCc2cc3ccccc3cc21. The minimum atomic E-state index is 0.577. The summed E-state index contributed by atoms with van der Waals surface area (Å²) in [6.07, 6.45) is 3.76. The summed E-state index contributed by atoms with van der Waals surface area (Å²) in [6.45, 7) is 0.783. The Kier molecular flexibility index (Phi) is 2.41. The number of nitrogens with two attached hydrogens (primary N) is 1. The van der Waals surface area contributed by atoms with Gasteiger partial charge in [0.15, 0.2) is 0 Å². The lowest BCUT2D eigenvalue weighted by Crippen LogP contribution is -2.18. The molecule has 0 saturated heterocycles. The summed E-state index contributed by atoms with van der Waals surface area (Å²) in [5.74, 6) is 0.577. The highest BCUT2D eigenvalue weighted by Gasteiger charge is 2.19. The lowest BCUT2D eigenvalue weighted by atomic mass is 9.81. The molecule has 1 aliphatic carbocycles. The fourth-order valence-electron chi connectivity index (χ4n) is 2.84. The van der Waals surface area contributed by atoms with Crippen LogP contribution in [0.25, 0.3) is 10.8 Å². The van der Waals surface area contributed by atoms with Crippen molar-refractivity contribution in [3.8, 4) is 0 Å². The van der Waals surface area contributed by atoms with Gasteiger partial charge in [0, 0.05) is 0 Å². The van der Waals surface area contributed by atoms with Gasteiger partial charge in [0.2, 0.25) is 0 Å². The van der Waals surface area contributed by atoms with E-state index in [2.05, 4.69) is 36.4 Å². The smallest absolute Gasteiger partial charge is 0.000813 e. The van der Waals surface area contributed by atoms with Crippen LogP contribution in [0.2, 0.25) is 0 Å². The molecule has 16 heavy (non-hydrogen) atoms. The average molecular weight is 211 g/mol. The molecule has 0 spiro atoms. The van der Waals surface area contributed by atoms with E-state index in [9.17, 15) is 0 Å². The molecule has 0 aliphatic heterocycles. The van der Waals surface area contributed by atoms with Gasteiger partial charge in [0.1, 0.15) is 0 Å². The zero-order valence-electron chi connectivity index (χ0n) is 9.45. The highest BCUT2D eigenvalue weighted by molar-refractivity contribution is 5.84. The normalized spacial score (nSPS) is 19.7. The van der Waals surface area contributed by atoms with Crippen LogP contribution in [-0.2, 0) is 6.42 Å². The van der Waals surface area contributed by atoms with Crippen molar-refractivity contribution in [2.24, 2.45) is 5.73 Å². The van der Waals surface area contributed by atoms with E-state index in [1.54, 1.807) is 0 Å². The van der Waals surface area contributed by atoms with Gasteiger partial charge in [-0.25, -0.2) is 0 Å². The van der Waals surface area contributed by atoms with Crippen LogP contribution >= 0.6 is 0 Å². The predicted molar refractivity (Wildman–Crippen MR) is 68.7 cm³/mol. The van der Waals surface area contributed by atoms with E-state index in [4.69, 9.17) is 5.73 Å². The van der Waals surface area contributed by atoms with E-state index < -0.39 is 0 Å². The monoisotopic (exact) mass is 211 g/mol. The maximum absolute atomic E-state index is 5.86. The Morgan fingerprint density at radius 1 is 1.12 bits per heavy atom. The van der Waals surface area contributed by atoms with Gasteiger partial charge in [0.05, 0.1) is 0 Å². The van der Waals surface area contributed by atoms with Gasteiger partial charge in [-0.3, -0.25) is 0 Å². The Labute approximate surface area is 96.3 Å². The number of benzene rings is 2. The quantitative estimate of drug-likeness (QED) is 0.770. The molecule has 1 unspecified atom stereocenters. The molecule has 1 heteroatoms. The second-order valence-corrected chi connectivity index (χ2v) is 4.72. The molecule has 3 rings (SSSR count). The Morgan fingerprint density at radius 3 is 2.62 bits per heavy atom. The molecule has 0 saturated carbocycles. The summed E-state index contributed by atoms with van der Waals surface area (Å²) >= 11 is 0. The molecule has 0 heterocycles. The summed E-state index contributed by atoms with van der Waals surface area (Å²) < 4.78 is 0. The zero-order chi connectivity index (χ0) is 11.0. The second kappa shape index (κ2) is 3.91. The van der Waals surface area contributed by atoms with E-state index in [0.717, 1.165) is 6.54 Å². The molecule has 2 aromatic carbocycles. The third-order valence-electron chi connectivity index (χ3n) is 3.73. The van der Waals surface area contributed by atoms with Crippen LogP contribution in [-0.4, -0.2) is 6.54 Å². The van der Waals surface area contributed by atoms with Crippen molar-refractivity contribution in [3.63, 3.8) is 0 Å². The molecule has 2 aromatic rings. The second-order valence-electron chi connectivity index (χ2n) is 4.72. The lowest BCUT2D eigenvalue weighted by Gasteiger charge is -2.25. The molecule has 0 aromatic heterocycles. The maximum atomic E-state index is 5.86. The first kappa shape index (κ1) is 9.86. The van der Waals surface area contributed by atoms with Crippen LogP contribution in [0, 0.1) is 0 Å². The number of aryl methyl sites for hydroxylation is 1. The van der Waals surface area contributed by atoms with Crippen LogP contribution in [0.15, 0.2) is 36.4 Å². The maximum Gasteiger partial charge on any atom is -0.000813 e. The Balaban J connectivity index is 2.21. The Bertz CT molecular complexity index is 516. The number of fused-ring (bicyclic) bond motifs is 2. The fraction of sp³-hybridized carbons (Fsp3) is 0.333. The van der Waals surface area contributed by atoms with E-state index >= 15 is 0 Å². The van der Waals surface area contributed by atoms with Gasteiger partial charge >= 0.3 is 0 Å². The lowest BCUT2D eigenvalue weighted by molar-refractivity contribution is 0.562. The summed E-state index contributed by atoms with van der Waals surface area (Å²) in [6, 6.07) is 13.3. The summed E-state index contributed by atoms with van der Waals surface area (Å²) in [5, 5.41) is 2.71. The van der Waals surface area contributed by atoms with Gasteiger partial charge in [0.25, 0.3) is 0 Å². The Hall–Kier alpha value is -1.34. The van der Waals surface area contributed by atoms with Crippen molar-refractivity contribution in [1.29, 1.82) is 0 Å². The van der Waals surface area contributed by atoms with Crippen LogP contribution in [0.5, 0.6) is 0 Å². The minimum absolute atomic E-state index is 0.577. The van der Waals surface area contributed by atoms with Gasteiger partial charge < -0.3 is 5.73 Å². The molecule has 2 N–H and O–H groups in total. The fourth-order valence-corrected chi connectivity index (χ4v) is 2.84. The molecule has 82 valence electrons. The molecule has 0 amide bonds. The van der Waals surface area contributed by atoms with E-state index in [-0.39, 0.29) is 0 Å². The molecule has 0 bridgehead atoms. The molecule has 1 nitrogen and oxygen atoms in total. The van der Waals surface area contributed by atoms with Crippen molar-refractivity contribution in [2.45, 2.75) is 25.2 Å². The molecular weight excluding hydrogens is 194 g/mol. The standard InChI is InChI=1S/C15H17N/c16-10-14-7-3-6-13-8-11-4-1-2-5-12(11)9-15(13)14/h1-2,4-5,8-9,14H,3,6-7,10,16H2. The first-order chi connectivity index (χ1) is 7.88. The predicted octanol–water partition coefficient (Wildman–Crippen LogP) is 3.22. The first-order valence-electron chi connectivity index (χ1n) is 6.10. The first-order valence-corrected chi connectivity index (χ1v) is 6.10. The van der Waals surface area contributed by atoms with E-state index in [1.165, 1.54) is 41.2 Å².